The van der Waals surface area contributed by atoms with Crippen LogP contribution in [0.15, 0.2) is 28.7 Å². The molecule has 0 aromatic heterocycles. The monoisotopic (exact) mass is 320 g/mol. The lowest BCUT2D eigenvalue weighted by atomic mass is 10.1. The lowest BCUT2D eigenvalue weighted by Crippen LogP contribution is -2.32. The second-order valence-electron chi connectivity index (χ2n) is 3.91. The van der Waals surface area contributed by atoms with Gasteiger partial charge >= 0.3 is 0 Å². The molecule has 1 rings (SSSR count). The van der Waals surface area contributed by atoms with Gasteiger partial charge in [-0.05, 0) is 24.1 Å². The van der Waals surface area contributed by atoms with Crippen molar-refractivity contribution in [3.8, 4) is 0 Å². The van der Waals surface area contributed by atoms with Gasteiger partial charge in [-0.15, -0.1) is 12.4 Å². The molecule has 1 aromatic rings. The SMILES string of the molecule is CC(CN)CNC(=O)Cc1ccccc1Br.Cl. The highest BCUT2D eigenvalue weighted by Gasteiger charge is 2.07. The van der Waals surface area contributed by atoms with Crippen molar-refractivity contribution in [1.29, 1.82) is 0 Å². The van der Waals surface area contributed by atoms with Gasteiger partial charge < -0.3 is 11.1 Å². The van der Waals surface area contributed by atoms with Crippen LogP contribution in [0.3, 0.4) is 0 Å². The number of benzene rings is 1. The van der Waals surface area contributed by atoms with Gasteiger partial charge in [0.2, 0.25) is 5.91 Å². The molecule has 0 heterocycles. The summed E-state index contributed by atoms with van der Waals surface area (Å²) >= 11 is 3.42. The van der Waals surface area contributed by atoms with Crippen LogP contribution in [0.2, 0.25) is 0 Å². The predicted octanol–water partition coefficient (Wildman–Crippen LogP) is 2.12. The summed E-state index contributed by atoms with van der Waals surface area (Å²) in [7, 11) is 0. The first-order chi connectivity index (χ1) is 7.63. The van der Waals surface area contributed by atoms with E-state index in [4.69, 9.17) is 5.73 Å². The van der Waals surface area contributed by atoms with Crippen molar-refractivity contribution in [3.05, 3.63) is 34.3 Å². The van der Waals surface area contributed by atoms with Crippen LogP contribution in [0.25, 0.3) is 0 Å². The fourth-order valence-electron chi connectivity index (χ4n) is 1.25. The lowest BCUT2D eigenvalue weighted by Gasteiger charge is -2.10. The maximum Gasteiger partial charge on any atom is 0.224 e. The van der Waals surface area contributed by atoms with Crippen molar-refractivity contribution < 1.29 is 4.79 Å². The Balaban J connectivity index is 0.00000256. The second-order valence-corrected chi connectivity index (χ2v) is 4.77. The van der Waals surface area contributed by atoms with Crippen molar-refractivity contribution in [1.82, 2.24) is 5.32 Å². The maximum absolute atomic E-state index is 11.6. The minimum Gasteiger partial charge on any atom is -0.355 e. The Labute approximate surface area is 117 Å². The van der Waals surface area contributed by atoms with E-state index in [0.717, 1.165) is 10.0 Å². The minimum atomic E-state index is 0. The molecule has 0 aliphatic heterocycles. The van der Waals surface area contributed by atoms with Gasteiger partial charge in [0.15, 0.2) is 0 Å². The first kappa shape index (κ1) is 16.4. The number of nitrogens with one attached hydrogen (secondary N) is 1. The van der Waals surface area contributed by atoms with Gasteiger partial charge in [-0.25, -0.2) is 0 Å². The number of nitrogens with two attached hydrogens (primary N) is 1. The van der Waals surface area contributed by atoms with Crippen LogP contribution in [-0.2, 0) is 11.2 Å². The molecule has 1 unspecified atom stereocenters. The third-order valence-corrected chi connectivity index (χ3v) is 3.13. The van der Waals surface area contributed by atoms with Crippen molar-refractivity contribution in [2.24, 2.45) is 11.7 Å². The number of hydrogen-bond acceptors (Lipinski definition) is 2. The lowest BCUT2D eigenvalue weighted by molar-refractivity contribution is -0.120. The molecule has 0 aliphatic carbocycles. The molecule has 0 radical (unpaired) electrons. The first-order valence-corrected chi connectivity index (χ1v) is 6.13. The van der Waals surface area contributed by atoms with E-state index in [9.17, 15) is 4.79 Å². The molecule has 1 atom stereocenters. The van der Waals surface area contributed by atoms with E-state index in [1.807, 2.05) is 31.2 Å². The molecule has 0 spiro atoms. The highest BCUT2D eigenvalue weighted by molar-refractivity contribution is 9.10. The first-order valence-electron chi connectivity index (χ1n) is 5.33. The van der Waals surface area contributed by atoms with Gasteiger partial charge in [-0.2, -0.15) is 0 Å². The smallest absolute Gasteiger partial charge is 0.224 e. The largest absolute Gasteiger partial charge is 0.355 e. The molecular formula is C12H18BrClN2O. The number of carbonyl (C=O) groups is 1. The Bertz CT molecular complexity index is 360. The number of carbonyl (C=O) groups excluding carboxylic acids is 1. The number of hydrogen-bond donors (Lipinski definition) is 2. The molecule has 0 saturated heterocycles. The molecule has 0 saturated carbocycles. The molecule has 17 heavy (non-hydrogen) atoms. The van der Waals surface area contributed by atoms with Crippen LogP contribution in [0.1, 0.15) is 12.5 Å². The van der Waals surface area contributed by atoms with Crippen molar-refractivity contribution in [3.63, 3.8) is 0 Å². The molecule has 5 heteroatoms. The fourth-order valence-corrected chi connectivity index (χ4v) is 1.67. The molecule has 3 nitrogen and oxygen atoms in total. The maximum atomic E-state index is 11.6. The second kappa shape index (κ2) is 8.50. The Morgan fingerprint density at radius 3 is 2.71 bits per heavy atom. The van der Waals surface area contributed by atoms with Crippen LogP contribution in [0.5, 0.6) is 0 Å². The van der Waals surface area contributed by atoms with E-state index in [2.05, 4.69) is 21.2 Å². The molecule has 1 aromatic carbocycles. The molecule has 3 N–H and O–H groups in total. The number of halogens is 2. The van der Waals surface area contributed by atoms with Crippen molar-refractivity contribution in [2.45, 2.75) is 13.3 Å². The van der Waals surface area contributed by atoms with Crippen LogP contribution < -0.4 is 11.1 Å². The average Bonchev–Trinajstić information content (AvgIpc) is 2.29. The summed E-state index contributed by atoms with van der Waals surface area (Å²) in [6.45, 7) is 3.24. The predicted molar refractivity (Wildman–Crippen MR) is 76.3 cm³/mol. The average molecular weight is 322 g/mol. The summed E-state index contributed by atoms with van der Waals surface area (Å²) in [4.78, 5) is 11.6. The van der Waals surface area contributed by atoms with Crippen LogP contribution >= 0.6 is 28.3 Å². The standard InChI is InChI=1S/C12H17BrN2O.ClH/c1-9(7-14)8-15-12(16)6-10-4-2-3-5-11(10)13;/h2-5,9H,6-8,14H2,1H3,(H,15,16);1H. The van der Waals surface area contributed by atoms with E-state index in [1.54, 1.807) is 0 Å². The molecule has 0 aliphatic rings. The summed E-state index contributed by atoms with van der Waals surface area (Å²) in [6, 6.07) is 7.74. The zero-order valence-electron chi connectivity index (χ0n) is 9.78. The van der Waals surface area contributed by atoms with Crippen molar-refractivity contribution >= 4 is 34.2 Å². The van der Waals surface area contributed by atoms with E-state index in [-0.39, 0.29) is 18.3 Å². The summed E-state index contributed by atoms with van der Waals surface area (Å²) < 4.78 is 0.969. The Hall–Kier alpha value is -0.580. The normalized spacial score (nSPS) is 11.5. The molecular weight excluding hydrogens is 304 g/mol. The number of amides is 1. The summed E-state index contributed by atoms with van der Waals surface area (Å²) in [5.74, 6) is 0.357. The number of rotatable bonds is 5. The fraction of sp³-hybridized carbons (Fsp3) is 0.417. The van der Waals surface area contributed by atoms with Crippen LogP contribution in [0, 0.1) is 5.92 Å². The Morgan fingerprint density at radius 1 is 1.47 bits per heavy atom. The van der Waals surface area contributed by atoms with E-state index < -0.39 is 0 Å². The quantitative estimate of drug-likeness (QED) is 0.873. The molecule has 96 valence electrons. The summed E-state index contributed by atoms with van der Waals surface area (Å²) in [6.07, 6.45) is 0.402. The molecule has 1 amide bonds. The van der Waals surface area contributed by atoms with Gasteiger partial charge in [0.1, 0.15) is 0 Å². The van der Waals surface area contributed by atoms with Gasteiger partial charge in [0.25, 0.3) is 0 Å². The van der Waals surface area contributed by atoms with E-state index in [1.165, 1.54) is 0 Å². The highest BCUT2D eigenvalue weighted by Crippen LogP contribution is 2.16. The summed E-state index contributed by atoms with van der Waals surface area (Å²) in [5.41, 5.74) is 6.48. The highest BCUT2D eigenvalue weighted by atomic mass is 79.9. The van der Waals surface area contributed by atoms with Crippen LogP contribution in [-0.4, -0.2) is 19.0 Å². The van der Waals surface area contributed by atoms with E-state index >= 15 is 0 Å². The van der Waals surface area contributed by atoms with Gasteiger partial charge in [0, 0.05) is 11.0 Å². The topological polar surface area (TPSA) is 55.1 Å². The Morgan fingerprint density at radius 2 is 2.12 bits per heavy atom. The zero-order valence-corrected chi connectivity index (χ0v) is 12.2. The zero-order chi connectivity index (χ0) is 12.0. The molecule has 0 fully saturated rings. The van der Waals surface area contributed by atoms with Crippen LogP contribution in [0.4, 0.5) is 0 Å². The third-order valence-electron chi connectivity index (χ3n) is 2.36. The van der Waals surface area contributed by atoms with Gasteiger partial charge in [-0.3, -0.25) is 4.79 Å². The third kappa shape index (κ3) is 6.05. The van der Waals surface area contributed by atoms with E-state index in [0.29, 0.717) is 25.4 Å². The molecule has 0 bridgehead atoms. The van der Waals surface area contributed by atoms with Crippen molar-refractivity contribution in [2.75, 3.05) is 13.1 Å². The minimum absolute atomic E-state index is 0. The summed E-state index contributed by atoms with van der Waals surface area (Å²) in [5, 5.41) is 2.87. The van der Waals surface area contributed by atoms with Gasteiger partial charge in [-0.1, -0.05) is 41.1 Å². The van der Waals surface area contributed by atoms with Gasteiger partial charge in [0.05, 0.1) is 6.42 Å². The Kier molecular flexibility index (Phi) is 8.21.